The predicted molar refractivity (Wildman–Crippen MR) is 75.8 cm³/mol. The lowest BCUT2D eigenvalue weighted by Crippen LogP contribution is -2.15. The number of nitrogens with zero attached hydrogens (tertiary/aromatic N) is 3. The quantitative estimate of drug-likeness (QED) is 0.923. The van der Waals surface area contributed by atoms with Crippen molar-refractivity contribution in [1.82, 2.24) is 19.9 Å². The van der Waals surface area contributed by atoms with Crippen molar-refractivity contribution < 1.29 is 0 Å². The molecule has 0 spiro atoms. The Balaban J connectivity index is 2.43. The van der Waals surface area contributed by atoms with E-state index in [-0.39, 0.29) is 0 Å². The summed E-state index contributed by atoms with van der Waals surface area (Å²) in [5.74, 6) is 1.98. The van der Waals surface area contributed by atoms with Crippen LogP contribution in [0.15, 0.2) is 29.1 Å². The maximum atomic E-state index is 4.52. The van der Waals surface area contributed by atoms with Gasteiger partial charge in [0.15, 0.2) is 0 Å². The third-order valence-corrected chi connectivity index (χ3v) is 3.17. The van der Waals surface area contributed by atoms with Crippen molar-refractivity contribution in [1.29, 1.82) is 0 Å². The lowest BCUT2D eigenvalue weighted by molar-refractivity contribution is 0.714. The zero-order valence-corrected chi connectivity index (χ0v) is 12.2. The smallest absolute Gasteiger partial charge is 0.142 e. The van der Waals surface area contributed by atoms with E-state index >= 15 is 0 Å². The first-order valence-electron chi connectivity index (χ1n) is 6.14. The Morgan fingerprint density at radius 1 is 1.33 bits per heavy atom. The summed E-state index contributed by atoms with van der Waals surface area (Å²) in [5.41, 5.74) is 1.17. The molecule has 0 aliphatic carbocycles. The van der Waals surface area contributed by atoms with Gasteiger partial charge in [-0.3, -0.25) is 4.57 Å². The number of hydrogen-bond donors (Lipinski definition) is 1. The molecule has 0 amide bonds. The Bertz CT molecular complexity index is 521. The van der Waals surface area contributed by atoms with Crippen molar-refractivity contribution in [2.45, 2.75) is 26.8 Å². The molecule has 18 heavy (non-hydrogen) atoms. The molecule has 0 atom stereocenters. The van der Waals surface area contributed by atoms with E-state index in [1.165, 1.54) is 5.56 Å². The highest BCUT2D eigenvalue weighted by atomic mass is 79.9. The molecular weight excluding hydrogens is 292 g/mol. The molecule has 0 saturated carbocycles. The summed E-state index contributed by atoms with van der Waals surface area (Å²) in [6, 6.07) is 2.10. The van der Waals surface area contributed by atoms with Crippen LogP contribution in [-0.4, -0.2) is 21.1 Å². The Morgan fingerprint density at radius 2 is 2.17 bits per heavy atom. The van der Waals surface area contributed by atoms with Gasteiger partial charge in [0.05, 0.1) is 0 Å². The molecule has 4 nitrogen and oxygen atoms in total. The zero-order valence-electron chi connectivity index (χ0n) is 10.7. The van der Waals surface area contributed by atoms with Gasteiger partial charge in [0, 0.05) is 41.6 Å². The summed E-state index contributed by atoms with van der Waals surface area (Å²) >= 11 is 3.47. The zero-order chi connectivity index (χ0) is 13.0. The van der Waals surface area contributed by atoms with Gasteiger partial charge < -0.3 is 5.32 Å². The summed E-state index contributed by atoms with van der Waals surface area (Å²) in [4.78, 5) is 8.86. The number of halogens is 1. The minimum absolute atomic E-state index is 0.805. The lowest BCUT2D eigenvalue weighted by atomic mass is 10.2. The maximum absolute atomic E-state index is 4.52. The van der Waals surface area contributed by atoms with Crippen LogP contribution in [-0.2, 0) is 13.0 Å². The van der Waals surface area contributed by atoms with E-state index in [4.69, 9.17) is 0 Å². The summed E-state index contributed by atoms with van der Waals surface area (Å²) in [7, 11) is 0. The van der Waals surface area contributed by atoms with Crippen LogP contribution in [0.1, 0.15) is 25.2 Å². The van der Waals surface area contributed by atoms with Crippen LogP contribution in [0.4, 0.5) is 0 Å². The molecule has 96 valence electrons. The number of nitrogens with one attached hydrogen (secondary N) is 1. The summed E-state index contributed by atoms with van der Waals surface area (Å²) in [6.07, 6.45) is 6.50. The fourth-order valence-corrected chi connectivity index (χ4v) is 2.25. The van der Waals surface area contributed by atoms with Gasteiger partial charge >= 0.3 is 0 Å². The highest BCUT2D eigenvalue weighted by molar-refractivity contribution is 9.10. The second-order valence-electron chi connectivity index (χ2n) is 3.98. The van der Waals surface area contributed by atoms with Crippen LogP contribution >= 0.6 is 15.9 Å². The molecule has 2 rings (SSSR count). The first-order valence-corrected chi connectivity index (χ1v) is 6.93. The molecule has 0 radical (unpaired) electrons. The fraction of sp³-hybridized carbons (Fsp3) is 0.385. The molecule has 5 heteroatoms. The van der Waals surface area contributed by atoms with E-state index in [9.17, 15) is 0 Å². The van der Waals surface area contributed by atoms with Crippen LogP contribution in [0.25, 0.3) is 5.82 Å². The Hall–Kier alpha value is -1.20. The molecule has 2 heterocycles. The fourth-order valence-electron chi connectivity index (χ4n) is 1.87. The number of hydrogen-bond acceptors (Lipinski definition) is 3. The molecule has 0 fully saturated rings. The van der Waals surface area contributed by atoms with Gasteiger partial charge in [-0.2, -0.15) is 0 Å². The molecule has 0 saturated heterocycles. The number of aromatic nitrogens is 3. The number of aryl methyl sites for hydroxylation is 1. The minimum atomic E-state index is 0.805. The number of pyridine rings is 1. The Morgan fingerprint density at radius 3 is 2.89 bits per heavy atom. The summed E-state index contributed by atoms with van der Waals surface area (Å²) in [5, 5.41) is 3.34. The molecule has 2 aromatic heterocycles. The average Bonchev–Trinajstić information content (AvgIpc) is 2.84. The van der Waals surface area contributed by atoms with E-state index in [1.807, 2.05) is 18.6 Å². The molecule has 0 aliphatic rings. The average molecular weight is 309 g/mol. The molecule has 2 aromatic rings. The van der Waals surface area contributed by atoms with Crippen LogP contribution in [0, 0.1) is 0 Å². The van der Waals surface area contributed by atoms with Gasteiger partial charge in [0.2, 0.25) is 0 Å². The van der Waals surface area contributed by atoms with Gasteiger partial charge in [-0.05, 0) is 28.5 Å². The van der Waals surface area contributed by atoms with Gasteiger partial charge in [0.25, 0.3) is 0 Å². The minimum Gasteiger partial charge on any atom is -0.313 e. The molecule has 0 aliphatic heterocycles. The molecule has 0 aromatic carbocycles. The van der Waals surface area contributed by atoms with Gasteiger partial charge in [-0.15, -0.1) is 0 Å². The monoisotopic (exact) mass is 308 g/mol. The Kier molecular flexibility index (Phi) is 4.49. The normalized spacial score (nSPS) is 10.8. The van der Waals surface area contributed by atoms with Crippen LogP contribution in [0.5, 0.6) is 0 Å². The van der Waals surface area contributed by atoms with Gasteiger partial charge in [-0.1, -0.05) is 13.8 Å². The predicted octanol–water partition coefficient (Wildman–Crippen LogP) is 2.70. The number of rotatable bonds is 5. The van der Waals surface area contributed by atoms with Crippen LogP contribution in [0.3, 0.4) is 0 Å². The van der Waals surface area contributed by atoms with Crippen LogP contribution < -0.4 is 5.32 Å². The van der Waals surface area contributed by atoms with Crippen molar-refractivity contribution in [3.05, 3.63) is 40.5 Å². The highest BCUT2D eigenvalue weighted by Gasteiger charge is 2.10. The van der Waals surface area contributed by atoms with E-state index < -0.39 is 0 Å². The van der Waals surface area contributed by atoms with Gasteiger partial charge in [0.1, 0.15) is 11.6 Å². The second kappa shape index (κ2) is 6.11. The third-order valence-electron chi connectivity index (χ3n) is 2.74. The van der Waals surface area contributed by atoms with E-state index in [2.05, 4.69) is 55.7 Å². The van der Waals surface area contributed by atoms with Crippen molar-refractivity contribution in [3.63, 3.8) is 0 Å². The maximum Gasteiger partial charge on any atom is 0.142 e. The van der Waals surface area contributed by atoms with Crippen molar-refractivity contribution in [2.75, 3.05) is 6.54 Å². The topological polar surface area (TPSA) is 42.7 Å². The SMILES string of the molecule is CCNCc1cc(Br)cnc1-n1ccnc1CC. The first-order chi connectivity index (χ1) is 8.76. The second-order valence-corrected chi connectivity index (χ2v) is 4.90. The third kappa shape index (κ3) is 2.79. The number of imidazole rings is 1. The summed E-state index contributed by atoms with van der Waals surface area (Å²) in [6.45, 7) is 5.94. The lowest BCUT2D eigenvalue weighted by Gasteiger charge is -2.12. The Labute approximate surface area is 116 Å². The van der Waals surface area contributed by atoms with Gasteiger partial charge in [-0.25, -0.2) is 9.97 Å². The van der Waals surface area contributed by atoms with E-state index in [0.29, 0.717) is 0 Å². The first kappa shape index (κ1) is 13.2. The van der Waals surface area contributed by atoms with Crippen molar-refractivity contribution in [2.24, 2.45) is 0 Å². The molecular formula is C13H17BrN4. The van der Waals surface area contributed by atoms with E-state index in [0.717, 1.165) is 35.6 Å². The molecule has 1 N–H and O–H groups in total. The van der Waals surface area contributed by atoms with Crippen molar-refractivity contribution >= 4 is 15.9 Å². The standard InChI is InChI=1S/C13H17BrN4/c1-3-12-16-5-6-18(12)13-10(8-15-4-2)7-11(14)9-17-13/h5-7,9,15H,3-4,8H2,1-2H3. The van der Waals surface area contributed by atoms with Crippen molar-refractivity contribution in [3.8, 4) is 5.82 Å². The molecule has 0 bridgehead atoms. The molecule has 0 unspecified atom stereocenters. The summed E-state index contributed by atoms with van der Waals surface area (Å²) < 4.78 is 3.05. The van der Waals surface area contributed by atoms with E-state index in [1.54, 1.807) is 0 Å². The van der Waals surface area contributed by atoms with Crippen LogP contribution in [0.2, 0.25) is 0 Å². The largest absolute Gasteiger partial charge is 0.313 e. The highest BCUT2D eigenvalue weighted by Crippen LogP contribution is 2.18.